The van der Waals surface area contributed by atoms with Gasteiger partial charge in [-0.15, -0.1) is 11.8 Å². The van der Waals surface area contributed by atoms with Crippen LogP contribution in [0, 0.1) is 0 Å². The van der Waals surface area contributed by atoms with Gasteiger partial charge in [-0.05, 0) is 41.5 Å². The first-order chi connectivity index (χ1) is 13.2. The molecule has 0 N–H and O–H groups in total. The molecule has 0 aliphatic carbocycles. The summed E-state index contributed by atoms with van der Waals surface area (Å²) in [5.41, 5.74) is 2.80. The molecular formula is C22H19N2O2S+. The number of aromatic nitrogens is 2. The van der Waals surface area contributed by atoms with Gasteiger partial charge in [0, 0.05) is 16.3 Å². The Morgan fingerprint density at radius 2 is 1.89 bits per heavy atom. The number of fused-ring (bicyclic) bond motifs is 4. The van der Waals surface area contributed by atoms with E-state index in [0.717, 1.165) is 49.7 Å². The molecule has 0 aliphatic heterocycles. The van der Waals surface area contributed by atoms with Crippen molar-refractivity contribution in [3.8, 4) is 5.75 Å². The lowest BCUT2D eigenvalue weighted by molar-refractivity contribution is -0.617. The molecule has 3 aromatic carbocycles. The summed E-state index contributed by atoms with van der Waals surface area (Å²) < 4.78 is 9.31. The molecule has 0 radical (unpaired) electrons. The topological polar surface area (TPSA) is 34.6 Å². The number of pyridine rings is 1. The highest BCUT2D eigenvalue weighted by Gasteiger charge is 2.25. The summed E-state index contributed by atoms with van der Waals surface area (Å²) in [5.74, 6) is 1.75. The number of imidazole rings is 1. The molecule has 0 fully saturated rings. The Morgan fingerprint density at radius 3 is 2.67 bits per heavy atom. The van der Waals surface area contributed by atoms with Crippen molar-refractivity contribution >= 4 is 50.0 Å². The van der Waals surface area contributed by atoms with Crippen LogP contribution in [0.3, 0.4) is 0 Å². The number of benzene rings is 3. The lowest BCUT2D eigenvalue weighted by Crippen LogP contribution is -2.29. The fourth-order valence-electron chi connectivity index (χ4n) is 4.12. The third-order valence-electron chi connectivity index (χ3n) is 5.29. The van der Waals surface area contributed by atoms with Crippen LogP contribution >= 0.6 is 11.8 Å². The van der Waals surface area contributed by atoms with Crippen molar-refractivity contribution in [3.05, 3.63) is 58.9 Å². The normalized spacial score (nSPS) is 12.0. The van der Waals surface area contributed by atoms with Gasteiger partial charge in [0.25, 0.3) is 5.65 Å². The summed E-state index contributed by atoms with van der Waals surface area (Å²) in [6.07, 6.45) is 0. The van der Waals surface area contributed by atoms with Gasteiger partial charge in [0.2, 0.25) is 0 Å². The van der Waals surface area contributed by atoms with E-state index in [-0.39, 0.29) is 5.56 Å². The molecule has 0 atom stereocenters. The van der Waals surface area contributed by atoms with Gasteiger partial charge in [0.15, 0.2) is 11.0 Å². The SMILES string of the molecule is CCSc1ccc2c3c1cccc3c(=O)n1c3cc(OC)ccc3[n+](C)c21. The minimum atomic E-state index is 0.0144. The number of thioether (sulfide) groups is 1. The van der Waals surface area contributed by atoms with Crippen LogP contribution in [0.1, 0.15) is 6.92 Å². The molecule has 0 aliphatic rings. The van der Waals surface area contributed by atoms with E-state index in [1.54, 1.807) is 7.11 Å². The van der Waals surface area contributed by atoms with Crippen molar-refractivity contribution < 1.29 is 9.30 Å². The Kier molecular flexibility index (Phi) is 3.56. The molecule has 27 heavy (non-hydrogen) atoms. The molecule has 0 saturated heterocycles. The maximum Gasteiger partial charge on any atom is 0.347 e. The highest BCUT2D eigenvalue weighted by Crippen LogP contribution is 2.35. The van der Waals surface area contributed by atoms with Crippen molar-refractivity contribution in [1.82, 2.24) is 4.40 Å². The number of nitrogens with zero attached hydrogens (tertiary/aromatic N) is 2. The van der Waals surface area contributed by atoms with Gasteiger partial charge >= 0.3 is 5.56 Å². The van der Waals surface area contributed by atoms with Crippen LogP contribution in [-0.4, -0.2) is 17.3 Å². The first kappa shape index (κ1) is 16.4. The quantitative estimate of drug-likeness (QED) is 0.351. The molecule has 0 amide bonds. The minimum Gasteiger partial charge on any atom is -0.497 e. The van der Waals surface area contributed by atoms with Gasteiger partial charge in [0.05, 0.1) is 24.9 Å². The zero-order chi connectivity index (χ0) is 18.7. The number of ether oxygens (including phenoxy) is 1. The minimum absolute atomic E-state index is 0.0144. The van der Waals surface area contributed by atoms with E-state index < -0.39 is 0 Å². The second-order valence-corrected chi connectivity index (χ2v) is 7.96. The Bertz CT molecular complexity index is 1400. The van der Waals surface area contributed by atoms with E-state index >= 15 is 0 Å². The molecule has 134 valence electrons. The molecule has 5 heteroatoms. The molecule has 0 unspecified atom stereocenters. The summed E-state index contributed by atoms with van der Waals surface area (Å²) in [4.78, 5) is 14.7. The summed E-state index contributed by atoms with van der Waals surface area (Å²) in [5, 5.41) is 4.06. The molecule has 5 rings (SSSR count). The van der Waals surface area contributed by atoms with Crippen molar-refractivity contribution in [2.75, 3.05) is 12.9 Å². The van der Waals surface area contributed by atoms with Gasteiger partial charge in [-0.3, -0.25) is 0 Å². The Labute approximate surface area is 160 Å². The number of rotatable bonds is 3. The number of hydrogen-bond donors (Lipinski definition) is 0. The lowest BCUT2D eigenvalue weighted by Gasteiger charge is -2.08. The molecule has 4 nitrogen and oxygen atoms in total. The van der Waals surface area contributed by atoms with Crippen molar-refractivity contribution in [2.24, 2.45) is 7.05 Å². The number of hydrogen-bond acceptors (Lipinski definition) is 3. The van der Waals surface area contributed by atoms with Crippen LogP contribution in [0.2, 0.25) is 0 Å². The zero-order valence-electron chi connectivity index (χ0n) is 15.4. The highest BCUT2D eigenvalue weighted by molar-refractivity contribution is 7.99. The van der Waals surface area contributed by atoms with Gasteiger partial charge in [-0.2, -0.15) is 4.40 Å². The van der Waals surface area contributed by atoms with Crippen LogP contribution in [0.15, 0.2) is 58.2 Å². The third kappa shape index (κ3) is 2.12. The smallest absolute Gasteiger partial charge is 0.347 e. The van der Waals surface area contributed by atoms with Crippen molar-refractivity contribution in [3.63, 3.8) is 0 Å². The molecule has 2 aromatic heterocycles. The Hall–Kier alpha value is -2.79. The average Bonchev–Trinajstić information content (AvgIpc) is 2.99. The summed E-state index contributed by atoms with van der Waals surface area (Å²) in [7, 11) is 3.66. The van der Waals surface area contributed by atoms with E-state index in [2.05, 4.69) is 29.7 Å². The number of aryl methyl sites for hydroxylation is 1. The van der Waals surface area contributed by atoms with Crippen LogP contribution in [0.25, 0.3) is 38.2 Å². The largest absolute Gasteiger partial charge is 0.497 e. The summed E-state index contributed by atoms with van der Waals surface area (Å²) in [6, 6.07) is 16.2. The van der Waals surface area contributed by atoms with Gasteiger partial charge in [-0.1, -0.05) is 19.1 Å². The van der Waals surface area contributed by atoms with E-state index in [4.69, 9.17) is 4.74 Å². The van der Waals surface area contributed by atoms with Gasteiger partial charge in [0.1, 0.15) is 5.75 Å². The second-order valence-electron chi connectivity index (χ2n) is 6.65. The predicted octanol–water partition coefficient (Wildman–Crippen LogP) is 4.14. The maximum atomic E-state index is 13.5. The van der Waals surface area contributed by atoms with Gasteiger partial charge in [-0.25, -0.2) is 9.36 Å². The second kappa shape index (κ2) is 5.86. The van der Waals surface area contributed by atoms with E-state index in [0.29, 0.717) is 0 Å². The molecule has 2 heterocycles. The number of methoxy groups -OCH3 is 1. The highest BCUT2D eigenvalue weighted by atomic mass is 32.2. The first-order valence-corrected chi connectivity index (χ1v) is 9.96. The molecule has 0 spiro atoms. The van der Waals surface area contributed by atoms with Crippen LogP contribution in [-0.2, 0) is 7.05 Å². The van der Waals surface area contributed by atoms with E-state index in [9.17, 15) is 4.79 Å². The molecular weight excluding hydrogens is 356 g/mol. The lowest BCUT2D eigenvalue weighted by atomic mass is 10.0. The zero-order valence-corrected chi connectivity index (χ0v) is 16.3. The molecule has 0 bridgehead atoms. The fourth-order valence-corrected chi connectivity index (χ4v) is 4.93. The standard InChI is InChI=1S/C22H19N2O2S/c1-4-27-19-11-9-15-20-14(19)6-5-7-16(20)22(25)24-18-12-13(26-3)8-10-17(18)23(2)21(15)24/h5-12H,4H2,1-3H3/q+1. The molecule has 5 aromatic rings. The fraction of sp³-hybridized carbons (Fsp3) is 0.182. The average molecular weight is 375 g/mol. The third-order valence-corrected chi connectivity index (χ3v) is 6.24. The summed E-state index contributed by atoms with van der Waals surface area (Å²) in [6.45, 7) is 2.15. The van der Waals surface area contributed by atoms with Crippen LogP contribution in [0.5, 0.6) is 5.75 Å². The first-order valence-electron chi connectivity index (χ1n) is 8.97. The summed E-state index contributed by atoms with van der Waals surface area (Å²) >= 11 is 1.81. The predicted molar refractivity (Wildman–Crippen MR) is 111 cm³/mol. The monoisotopic (exact) mass is 375 g/mol. The van der Waals surface area contributed by atoms with Crippen molar-refractivity contribution in [2.45, 2.75) is 11.8 Å². The van der Waals surface area contributed by atoms with Crippen LogP contribution in [0.4, 0.5) is 0 Å². The maximum absolute atomic E-state index is 13.5. The van der Waals surface area contributed by atoms with Crippen molar-refractivity contribution in [1.29, 1.82) is 0 Å². The van der Waals surface area contributed by atoms with Gasteiger partial charge < -0.3 is 4.74 Å². The Balaban J connectivity index is 2.09. The Morgan fingerprint density at radius 1 is 1.07 bits per heavy atom. The van der Waals surface area contributed by atoms with Crippen LogP contribution < -0.4 is 14.9 Å². The van der Waals surface area contributed by atoms with E-state index in [1.807, 2.05) is 53.5 Å². The molecule has 0 saturated carbocycles. The van der Waals surface area contributed by atoms with E-state index in [1.165, 1.54) is 4.90 Å².